The van der Waals surface area contributed by atoms with Crippen molar-refractivity contribution in [3.63, 3.8) is 0 Å². The molecule has 0 saturated carbocycles. The first kappa shape index (κ1) is 16.9. The molecule has 0 aliphatic heterocycles. The highest BCUT2D eigenvalue weighted by Gasteiger charge is 2.21. The van der Waals surface area contributed by atoms with Gasteiger partial charge in [0.15, 0.2) is 11.6 Å². The zero-order chi connectivity index (χ0) is 17.0. The van der Waals surface area contributed by atoms with E-state index in [-0.39, 0.29) is 17.0 Å². The van der Waals surface area contributed by atoms with Crippen LogP contribution in [0, 0.1) is 11.6 Å². The summed E-state index contributed by atoms with van der Waals surface area (Å²) >= 11 is 5.75. The van der Waals surface area contributed by atoms with Crippen LogP contribution in [0.15, 0.2) is 42.5 Å². The summed E-state index contributed by atoms with van der Waals surface area (Å²) in [5, 5.41) is 11.2. The van der Waals surface area contributed by atoms with Crippen LogP contribution in [0.4, 0.5) is 8.78 Å². The molecule has 0 heterocycles. The van der Waals surface area contributed by atoms with Crippen LogP contribution in [-0.2, 0) is 4.79 Å². The summed E-state index contributed by atoms with van der Waals surface area (Å²) in [6.45, 7) is 0. The van der Waals surface area contributed by atoms with Gasteiger partial charge in [0.25, 0.3) is 5.91 Å². The minimum atomic E-state index is -1.21. The molecule has 0 unspecified atom stereocenters. The van der Waals surface area contributed by atoms with E-state index in [1.807, 2.05) is 0 Å². The van der Waals surface area contributed by atoms with Gasteiger partial charge in [0.05, 0.1) is 23.0 Å². The van der Waals surface area contributed by atoms with Crippen LogP contribution in [-0.4, -0.2) is 17.0 Å². The summed E-state index contributed by atoms with van der Waals surface area (Å²) in [5.74, 6) is -4.29. The summed E-state index contributed by atoms with van der Waals surface area (Å²) in [4.78, 5) is 23.2. The molecule has 2 N–H and O–H groups in total. The maximum absolute atomic E-state index is 13.3. The number of carboxylic acid groups (broad SMARTS) is 1. The lowest BCUT2D eigenvalue weighted by atomic mass is 10.0. The molecule has 7 heteroatoms. The van der Waals surface area contributed by atoms with Crippen LogP contribution in [0.25, 0.3) is 0 Å². The highest BCUT2D eigenvalue weighted by Crippen LogP contribution is 2.22. The highest BCUT2D eigenvalue weighted by atomic mass is 35.5. The molecule has 0 saturated heterocycles. The summed E-state index contributed by atoms with van der Waals surface area (Å²) < 4.78 is 26.3. The van der Waals surface area contributed by atoms with Crippen molar-refractivity contribution in [2.24, 2.45) is 0 Å². The van der Waals surface area contributed by atoms with Gasteiger partial charge >= 0.3 is 5.97 Å². The number of amides is 1. The molecule has 0 radical (unpaired) electrons. The Bertz CT molecular complexity index is 738. The molecule has 0 aliphatic carbocycles. The van der Waals surface area contributed by atoms with Crippen molar-refractivity contribution >= 4 is 23.5 Å². The molecule has 0 aliphatic rings. The van der Waals surface area contributed by atoms with Gasteiger partial charge in [-0.3, -0.25) is 9.59 Å². The molecule has 0 aromatic heterocycles. The fourth-order valence-corrected chi connectivity index (χ4v) is 2.28. The number of carbonyl (C=O) groups excluding carboxylic acids is 1. The standard InChI is InChI=1S/C16H12ClF2NO3/c17-11-7-13(19)12(18)6-10(11)16(23)20-14(8-15(21)22)9-4-2-1-3-5-9/h1-7,14H,8H2,(H,20,23)(H,21,22)/t14-/m1/s1. The third kappa shape index (κ3) is 4.26. The van der Waals surface area contributed by atoms with Gasteiger partial charge in [0, 0.05) is 0 Å². The van der Waals surface area contributed by atoms with Crippen molar-refractivity contribution in [2.75, 3.05) is 0 Å². The number of carboxylic acids is 1. The molecule has 2 aromatic carbocycles. The Morgan fingerprint density at radius 2 is 1.74 bits per heavy atom. The largest absolute Gasteiger partial charge is 0.481 e. The first-order chi connectivity index (χ1) is 10.9. The fraction of sp³-hybridized carbons (Fsp3) is 0.125. The Hall–Kier alpha value is -2.47. The van der Waals surface area contributed by atoms with Gasteiger partial charge in [-0.25, -0.2) is 8.78 Å². The average molecular weight is 340 g/mol. The van der Waals surface area contributed by atoms with Crippen LogP contribution in [0.2, 0.25) is 5.02 Å². The van der Waals surface area contributed by atoms with Crippen molar-refractivity contribution in [1.29, 1.82) is 0 Å². The fourth-order valence-electron chi connectivity index (χ4n) is 2.04. The Morgan fingerprint density at radius 3 is 2.35 bits per heavy atom. The maximum atomic E-state index is 13.3. The summed E-state index contributed by atoms with van der Waals surface area (Å²) in [6.07, 6.45) is -0.364. The molecule has 23 heavy (non-hydrogen) atoms. The SMILES string of the molecule is O=C(O)C[C@@H](NC(=O)c1cc(F)c(F)cc1Cl)c1ccccc1. The van der Waals surface area contributed by atoms with Gasteiger partial charge in [-0.2, -0.15) is 0 Å². The molecule has 4 nitrogen and oxygen atoms in total. The van der Waals surface area contributed by atoms with Crippen LogP contribution in [0.3, 0.4) is 0 Å². The second-order valence-corrected chi connectivity index (χ2v) is 5.19. The zero-order valence-corrected chi connectivity index (χ0v) is 12.5. The van der Waals surface area contributed by atoms with Crippen molar-refractivity contribution in [3.8, 4) is 0 Å². The van der Waals surface area contributed by atoms with Crippen molar-refractivity contribution < 1.29 is 23.5 Å². The van der Waals surface area contributed by atoms with Crippen LogP contribution in [0.5, 0.6) is 0 Å². The van der Waals surface area contributed by atoms with E-state index in [1.165, 1.54) is 0 Å². The number of halogens is 3. The highest BCUT2D eigenvalue weighted by molar-refractivity contribution is 6.33. The summed E-state index contributed by atoms with van der Waals surface area (Å²) in [7, 11) is 0. The summed E-state index contributed by atoms with van der Waals surface area (Å²) in [5.41, 5.74) is 0.304. The third-order valence-electron chi connectivity index (χ3n) is 3.14. The molecular formula is C16H12ClF2NO3. The van der Waals surface area contributed by atoms with E-state index in [0.29, 0.717) is 17.7 Å². The summed E-state index contributed by atoms with van der Waals surface area (Å²) in [6, 6.07) is 8.99. The Labute approximate surface area is 135 Å². The molecule has 2 rings (SSSR count). The van der Waals surface area contributed by atoms with Crippen molar-refractivity contribution in [2.45, 2.75) is 12.5 Å². The van der Waals surface area contributed by atoms with E-state index in [9.17, 15) is 18.4 Å². The molecule has 0 spiro atoms. The number of rotatable bonds is 5. The second kappa shape index (κ2) is 7.19. The van der Waals surface area contributed by atoms with Gasteiger partial charge in [-0.1, -0.05) is 41.9 Å². The smallest absolute Gasteiger partial charge is 0.305 e. The molecule has 1 atom stereocenters. The lowest BCUT2D eigenvalue weighted by Crippen LogP contribution is -2.30. The molecule has 0 fully saturated rings. The number of nitrogens with one attached hydrogen (secondary N) is 1. The molecule has 2 aromatic rings. The molecule has 1 amide bonds. The van der Waals surface area contributed by atoms with Crippen LogP contribution >= 0.6 is 11.6 Å². The minimum absolute atomic E-state index is 0.261. The van der Waals surface area contributed by atoms with Gasteiger partial charge in [-0.05, 0) is 17.7 Å². The quantitative estimate of drug-likeness (QED) is 0.818. The first-order valence-electron chi connectivity index (χ1n) is 6.60. The van der Waals surface area contributed by atoms with Gasteiger partial charge < -0.3 is 10.4 Å². The number of benzene rings is 2. The van der Waals surface area contributed by atoms with Gasteiger partial charge in [0.1, 0.15) is 0 Å². The number of aliphatic carboxylic acids is 1. The normalized spacial score (nSPS) is 11.8. The lowest BCUT2D eigenvalue weighted by molar-refractivity contribution is -0.137. The topological polar surface area (TPSA) is 66.4 Å². The Kier molecular flexibility index (Phi) is 5.28. The average Bonchev–Trinajstić information content (AvgIpc) is 2.50. The van der Waals surface area contributed by atoms with E-state index >= 15 is 0 Å². The van der Waals surface area contributed by atoms with E-state index < -0.39 is 29.6 Å². The molecule has 0 bridgehead atoms. The molecule has 120 valence electrons. The number of carbonyl (C=O) groups is 2. The maximum Gasteiger partial charge on any atom is 0.305 e. The number of hydrogen-bond acceptors (Lipinski definition) is 2. The van der Waals surface area contributed by atoms with E-state index in [4.69, 9.17) is 16.7 Å². The predicted molar refractivity (Wildman–Crippen MR) is 80.3 cm³/mol. The predicted octanol–water partition coefficient (Wildman–Crippen LogP) is 3.56. The zero-order valence-electron chi connectivity index (χ0n) is 11.7. The second-order valence-electron chi connectivity index (χ2n) is 4.78. The van der Waals surface area contributed by atoms with E-state index in [0.717, 1.165) is 0 Å². The van der Waals surface area contributed by atoms with Crippen molar-refractivity contribution in [3.05, 3.63) is 70.2 Å². The Balaban J connectivity index is 2.28. The van der Waals surface area contributed by atoms with Gasteiger partial charge in [0.2, 0.25) is 0 Å². The monoisotopic (exact) mass is 339 g/mol. The lowest BCUT2D eigenvalue weighted by Gasteiger charge is -2.18. The van der Waals surface area contributed by atoms with Crippen LogP contribution in [0.1, 0.15) is 28.4 Å². The van der Waals surface area contributed by atoms with E-state index in [2.05, 4.69) is 5.32 Å². The minimum Gasteiger partial charge on any atom is -0.481 e. The van der Waals surface area contributed by atoms with Gasteiger partial charge in [-0.15, -0.1) is 0 Å². The van der Waals surface area contributed by atoms with Crippen LogP contribution < -0.4 is 5.32 Å². The first-order valence-corrected chi connectivity index (χ1v) is 6.98. The number of hydrogen-bond donors (Lipinski definition) is 2. The Morgan fingerprint density at radius 1 is 1.13 bits per heavy atom. The van der Waals surface area contributed by atoms with E-state index in [1.54, 1.807) is 30.3 Å². The molecular weight excluding hydrogens is 328 g/mol. The third-order valence-corrected chi connectivity index (χ3v) is 3.45. The van der Waals surface area contributed by atoms with Crippen molar-refractivity contribution in [1.82, 2.24) is 5.32 Å².